The number of methoxy groups -OCH3 is 1. The molecular formula is C16H20N2O5S. The minimum atomic E-state index is -3.77. The fourth-order valence-corrected chi connectivity index (χ4v) is 3.03. The van der Waals surface area contributed by atoms with Crippen molar-refractivity contribution in [2.45, 2.75) is 18.7 Å². The summed E-state index contributed by atoms with van der Waals surface area (Å²) in [4.78, 5) is 4.04. The SMILES string of the molecule is CCOc1ccc(S(=O)(=O)Nc2ccc(OC)nc2)cc1OCC. The van der Waals surface area contributed by atoms with E-state index in [1.165, 1.54) is 25.4 Å². The molecule has 2 rings (SSSR count). The van der Waals surface area contributed by atoms with Crippen LogP contribution in [0.15, 0.2) is 41.4 Å². The van der Waals surface area contributed by atoms with Gasteiger partial charge in [-0.1, -0.05) is 0 Å². The number of anilines is 1. The summed E-state index contributed by atoms with van der Waals surface area (Å²) < 4.78 is 43.3. The second-order valence-electron chi connectivity index (χ2n) is 4.67. The van der Waals surface area contributed by atoms with Crippen molar-refractivity contribution in [3.05, 3.63) is 36.5 Å². The highest BCUT2D eigenvalue weighted by atomic mass is 32.2. The van der Waals surface area contributed by atoms with E-state index >= 15 is 0 Å². The average Bonchev–Trinajstić information content (AvgIpc) is 2.57. The second-order valence-corrected chi connectivity index (χ2v) is 6.35. The second kappa shape index (κ2) is 7.87. The summed E-state index contributed by atoms with van der Waals surface area (Å²) >= 11 is 0. The average molecular weight is 352 g/mol. The maximum absolute atomic E-state index is 12.5. The molecule has 0 aliphatic heterocycles. The fraction of sp³-hybridized carbons (Fsp3) is 0.312. The van der Waals surface area contributed by atoms with Gasteiger partial charge in [-0.2, -0.15) is 0 Å². The Morgan fingerprint density at radius 3 is 2.33 bits per heavy atom. The molecule has 0 bridgehead atoms. The fourth-order valence-electron chi connectivity index (χ4n) is 1.97. The van der Waals surface area contributed by atoms with E-state index in [0.29, 0.717) is 36.3 Å². The number of rotatable bonds is 8. The zero-order valence-electron chi connectivity index (χ0n) is 13.8. The standard InChI is InChI=1S/C16H20N2O5S/c1-4-22-14-8-7-13(10-15(14)23-5-2)24(19,20)18-12-6-9-16(21-3)17-11-12/h6-11,18H,4-5H2,1-3H3. The maximum atomic E-state index is 12.5. The molecule has 0 aliphatic carbocycles. The Morgan fingerprint density at radius 1 is 1.04 bits per heavy atom. The Labute approximate surface area is 141 Å². The van der Waals surface area contributed by atoms with Gasteiger partial charge in [-0.05, 0) is 32.0 Å². The summed E-state index contributed by atoms with van der Waals surface area (Å²) in [5, 5.41) is 0. The third-order valence-electron chi connectivity index (χ3n) is 3.02. The van der Waals surface area contributed by atoms with Crippen LogP contribution >= 0.6 is 0 Å². The van der Waals surface area contributed by atoms with Crippen molar-refractivity contribution >= 4 is 15.7 Å². The molecule has 0 spiro atoms. The lowest BCUT2D eigenvalue weighted by Crippen LogP contribution is -2.13. The van der Waals surface area contributed by atoms with Crippen molar-refractivity contribution < 1.29 is 22.6 Å². The van der Waals surface area contributed by atoms with Gasteiger partial charge in [0.2, 0.25) is 5.88 Å². The largest absolute Gasteiger partial charge is 0.490 e. The number of benzene rings is 1. The Kier molecular flexibility index (Phi) is 5.86. The third kappa shape index (κ3) is 4.29. The molecule has 1 N–H and O–H groups in total. The predicted molar refractivity (Wildman–Crippen MR) is 90.4 cm³/mol. The van der Waals surface area contributed by atoms with Crippen LogP contribution in [0.25, 0.3) is 0 Å². The summed E-state index contributed by atoms with van der Waals surface area (Å²) in [6, 6.07) is 7.62. The van der Waals surface area contributed by atoms with Gasteiger partial charge in [0.15, 0.2) is 11.5 Å². The molecule has 0 amide bonds. The van der Waals surface area contributed by atoms with Crippen LogP contribution in [0.5, 0.6) is 17.4 Å². The lowest BCUT2D eigenvalue weighted by atomic mass is 10.3. The van der Waals surface area contributed by atoms with E-state index in [1.807, 2.05) is 13.8 Å². The Morgan fingerprint density at radius 2 is 1.75 bits per heavy atom. The van der Waals surface area contributed by atoms with Crippen LogP contribution in [0.3, 0.4) is 0 Å². The first-order valence-corrected chi connectivity index (χ1v) is 8.91. The maximum Gasteiger partial charge on any atom is 0.262 e. The number of ether oxygens (including phenoxy) is 3. The van der Waals surface area contributed by atoms with E-state index in [0.717, 1.165) is 0 Å². The molecule has 1 aromatic carbocycles. The Bertz CT molecular complexity index is 776. The zero-order chi connectivity index (χ0) is 17.6. The lowest BCUT2D eigenvalue weighted by molar-refractivity contribution is 0.287. The van der Waals surface area contributed by atoms with Crippen molar-refractivity contribution in [3.8, 4) is 17.4 Å². The molecule has 1 aromatic heterocycles. The minimum Gasteiger partial charge on any atom is -0.490 e. The number of nitrogens with one attached hydrogen (secondary N) is 1. The Hall–Kier alpha value is -2.48. The molecule has 0 unspecified atom stereocenters. The molecule has 0 atom stereocenters. The first kappa shape index (κ1) is 17.9. The first-order valence-electron chi connectivity index (χ1n) is 7.42. The quantitative estimate of drug-likeness (QED) is 0.786. The van der Waals surface area contributed by atoms with Crippen molar-refractivity contribution in [1.29, 1.82) is 0 Å². The van der Waals surface area contributed by atoms with Crippen LogP contribution in [-0.2, 0) is 10.0 Å². The van der Waals surface area contributed by atoms with Crippen LogP contribution in [-0.4, -0.2) is 33.7 Å². The van der Waals surface area contributed by atoms with Gasteiger partial charge in [-0.3, -0.25) is 4.72 Å². The van der Waals surface area contributed by atoms with Gasteiger partial charge in [0.1, 0.15) is 0 Å². The molecule has 0 saturated heterocycles. The monoisotopic (exact) mass is 352 g/mol. The van der Waals surface area contributed by atoms with Crippen molar-refractivity contribution in [1.82, 2.24) is 4.98 Å². The number of hydrogen-bond donors (Lipinski definition) is 1. The van der Waals surface area contributed by atoms with Gasteiger partial charge >= 0.3 is 0 Å². The number of pyridine rings is 1. The predicted octanol–water partition coefficient (Wildman–Crippen LogP) is 2.69. The summed E-state index contributed by atoms with van der Waals surface area (Å²) in [7, 11) is -2.28. The topological polar surface area (TPSA) is 86.8 Å². The number of aromatic nitrogens is 1. The van der Waals surface area contributed by atoms with Crippen LogP contribution in [0, 0.1) is 0 Å². The highest BCUT2D eigenvalue weighted by molar-refractivity contribution is 7.92. The smallest absolute Gasteiger partial charge is 0.262 e. The molecule has 0 fully saturated rings. The Balaban J connectivity index is 2.28. The third-order valence-corrected chi connectivity index (χ3v) is 4.40. The van der Waals surface area contributed by atoms with Crippen LogP contribution in [0.1, 0.15) is 13.8 Å². The molecule has 7 nitrogen and oxygen atoms in total. The normalized spacial score (nSPS) is 11.0. The van der Waals surface area contributed by atoms with Crippen LogP contribution < -0.4 is 18.9 Å². The molecule has 1 heterocycles. The molecule has 2 aromatic rings. The number of sulfonamides is 1. The van der Waals surface area contributed by atoms with Crippen molar-refractivity contribution in [3.63, 3.8) is 0 Å². The van der Waals surface area contributed by atoms with Gasteiger partial charge in [0.25, 0.3) is 10.0 Å². The van der Waals surface area contributed by atoms with E-state index in [-0.39, 0.29) is 4.90 Å². The van der Waals surface area contributed by atoms with Crippen LogP contribution in [0.4, 0.5) is 5.69 Å². The molecule has 0 aliphatic rings. The first-order chi connectivity index (χ1) is 11.5. The molecule has 130 valence electrons. The minimum absolute atomic E-state index is 0.0743. The summed E-state index contributed by atoms with van der Waals surface area (Å²) in [6.45, 7) is 4.53. The molecule has 0 saturated carbocycles. The van der Waals surface area contributed by atoms with E-state index in [2.05, 4.69) is 9.71 Å². The highest BCUT2D eigenvalue weighted by Crippen LogP contribution is 2.31. The van der Waals surface area contributed by atoms with E-state index < -0.39 is 10.0 Å². The number of nitrogens with zero attached hydrogens (tertiary/aromatic N) is 1. The summed E-state index contributed by atoms with van der Waals surface area (Å²) in [5.41, 5.74) is 0.336. The van der Waals surface area contributed by atoms with E-state index in [4.69, 9.17) is 14.2 Å². The molecular weight excluding hydrogens is 332 g/mol. The van der Waals surface area contributed by atoms with Crippen molar-refractivity contribution in [2.75, 3.05) is 25.0 Å². The lowest BCUT2D eigenvalue weighted by Gasteiger charge is -2.13. The van der Waals surface area contributed by atoms with Gasteiger partial charge in [-0.25, -0.2) is 13.4 Å². The van der Waals surface area contributed by atoms with Crippen molar-refractivity contribution in [2.24, 2.45) is 0 Å². The van der Waals surface area contributed by atoms with E-state index in [9.17, 15) is 8.42 Å². The van der Waals surface area contributed by atoms with E-state index in [1.54, 1.807) is 18.2 Å². The molecule has 8 heteroatoms. The summed E-state index contributed by atoms with van der Waals surface area (Å²) in [6.07, 6.45) is 1.38. The van der Waals surface area contributed by atoms with Gasteiger partial charge < -0.3 is 14.2 Å². The van der Waals surface area contributed by atoms with Gasteiger partial charge in [-0.15, -0.1) is 0 Å². The highest BCUT2D eigenvalue weighted by Gasteiger charge is 2.18. The summed E-state index contributed by atoms with van der Waals surface area (Å²) in [5.74, 6) is 1.29. The molecule has 24 heavy (non-hydrogen) atoms. The molecule has 0 radical (unpaired) electrons. The zero-order valence-corrected chi connectivity index (χ0v) is 14.6. The van der Waals surface area contributed by atoms with Gasteiger partial charge in [0, 0.05) is 12.1 Å². The van der Waals surface area contributed by atoms with Crippen LogP contribution in [0.2, 0.25) is 0 Å². The van der Waals surface area contributed by atoms with Gasteiger partial charge in [0.05, 0.1) is 37.1 Å². The number of hydrogen-bond acceptors (Lipinski definition) is 6.